The highest BCUT2D eigenvalue weighted by Gasteiger charge is 2.26. The van der Waals surface area contributed by atoms with Crippen molar-refractivity contribution in [2.75, 3.05) is 5.75 Å². The van der Waals surface area contributed by atoms with E-state index in [0.29, 0.717) is 11.5 Å². The summed E-state index contributed by atoms with van der Waals surface area (Å²) in [4.78, 5) is 11.5. The maximum absolute atomic E-state index is 10.6. The minimum absolute atomic E-state index is 0.155. The van der Waals surface area contributed by atoms with Crippen LogP contribution in [0.5, 0.6) is 5.75 Å². The van der Waals surface area contributed by atoms with Gasteiger partial charge in [0.15, 0.2) is 0 Å². The Morgan fingerprint density at radius 3 is 1.91 bits per heavy atom. The molecule has 0 aliphatic carbocycles. The fourth-order valence-electron chi connectivity index (χ4n) is 2.13. The van der Waals surface area contributed by atoms with Gasteiger partial charge < -0.3 is 10.2 Å². The molecule has 122 valence electrons. The average Bonchev–Trinajstić information content (AvgIpc) is 2.33. The first-order valence-electron chi connectivity index (χ1n) is 7.33. The number of hydrogen-bond acceptors (Lipinski definition) is 3. The van der Waals surface area contributed by atoms with Gasteiger partial charge >= 0.3 is 5.97 Å². The van der Waals surface area contributed by atoms with Crippen LogP contribution >= 0.6 is 11.8 Å². The second-order valence-corrected chi connectivity index (χ2v) is 8.51. The number of benzene rings is 1. The lowest BCUT2D eigenvalue weighted by Gasteiger charge is -2.28. The third kappa shape index (κ3) is 5.09. The van der Waals surface area contributed by atoms with Crippen LogP contribution in [-0.4, -0.2) is 21.9 Å². The fraction of sp³-hybridized carbons (Fsp3) is 0.500. The van der Waals surface area contributed by atoms with Crippen molar-refractivity contribution in [3.05, 3.63) is 35.4 Å². The van der Waals surface area contributed by atoms with E-state index in [0.717, 1.165) is 22.1 Å². The summed E-state index contributed by atoms with van der Waals surface area (Å²) in [6.07, 6.45) is 2.79. The minimum atomic E-state index is -0.933. The van der Waals surface area contributed by atoms with E-state index in [2.05, 4.69) is 41.5 Å². The van der Waals surface area contributed by atoms with Crippen molar-refractivity contribution in [2.45, 2.75) is 57.3 Å². The highest BCUT2D eigenvalue weighted by molar-refractivity contribution is 7.99. The van der Waals surface area contributed by atoms with Gasteiger partial charge in [-0.25, -0.2) is 4.79 Å². The second-order valence-electron chi connectivity index (χ2n) is 7.42. The zero-order valence-corrected chi connectivity index (χ0v) is 15.0. The predicted molar refractivity (Wildman–Crippen MR) is 93.0 cm³/mol. The summed E-state index contributed by atoms with van der Waals surface area (Å²) in [6, 6.07) is 4.01. The number of carboxylic acid groups (broad SMARTS) is 1. The summed E-state index contributed by atoms with van der Waals surface area (Å²) in [6.45, 7) is 12.5. The van der Waals surface area contributed by atoms with Gasteiger partial charge in [-0.3, -0.25) is 0 Å². The first-order valence-corrected chi connectivity index (χ1v) is 8.31. The number of phenols is 1. The van der Waals surface area contributed by atoms with Gasteiger partial charge in [-0.1, -0.05) is 47.6 Å². The number of carbonyl (C=O) groups is 1. The van der Waals surface area contributed by atoms with Crippen molar-refractivity contribution in [2.24, 2.45) is 0 Å². The summed E-state index contributed by atoms with van der Waals surface area (Å²) in [5.74, 6) is 0.0204. The van der Waals surface area contributed by atoms with E-state index >= 15 is 0 Å². The Morgan fingerprint density at radius 1 is 1.09 bits per heavy atom. The van der Waals surface area contributed by atoms with Crippen molar-refractivity contribution in [3.8, 4) is 5.75 Å². The maximum Gasteiger partial charge on any atom is 0.328 e. The number of hydrogen-bond donors (Lipinski definition) is 2. The molecule has 0 heterocycles. The molecule has 0 radical (unpaired) electrons. The van der Waals surface area contributed by atoms with Gasteiger partial charge in [-0.05, 0) is 23.0 Å². The van der Waals surface area contributed by atoms with Crippen molar-refractivity contribution in [3.63, 3.8) is 0 Å². The van der Waals surface area contributed by atoms with Crippen LogP contribution in [-0.2, 0) is 15.6 Å². The number of thioether (sulfide) groups is 1. The third-order valence-corrected chi connectivity index (χ3v) is 4.23. The molecule has 0 aromatic heterocycles. The van der Waals surface area contributed by atoms with Crippen LogP contribution in [0.2, 0.25) is 0 Å². The molecule has 0 fully saturated rings. The molecule has 0 bridgehead atoms. The smallest absolute Gasteiger partial charge is 0.328 e. The standard InChI is InChI=1S/C18H26O3S/c1-17(2,3)13-10-12(22-9-7-8-15(19)20)11-14(16(13)21)18(4,5)6/h7-8,10-11,21H,9H2,1-6H3,(H,19,20). The Kier molecular flexibility index (Phi) is 5.74. The molecular formula is C18H26O3S. The highest BCUT2D eigenvalue weighted by atomic mass is 32.2. The second kappa shape index (κ2) is 6.78. The van der Waals surface area contributed by atoms with E-state index in [9.17, 15) is 9.90 Å². The Labute approximate surface area is 137 Å². The van der Waals surface area contributed by atoms with E-state index in [1.54, 1.807) is 17.8 Å². The molecule has 0 saturated carbocycles. The van der Waals surface area contributed by atoms with E-state index in [1.807, 2.05) is 12.1 Å². The Balaban J connectivity index is 3.21. The molecule has 0 aliphatic rings. The summed E-state index contributed by atoms with van der Waals surface area (Å²) in [5, 5.41) is 19.2. The Morgan fingerprint density at radius 2 is 1.55 bits per heavy atom. The number of aliphatic carboxylic acids is 1. The molecule has 0 unspecified atom stereocenters. The largest absolute Gasteiger partial charge is 0.507 e. The van der Waals surface area contributed by atoms with Crippen molar-refractivity contribution < 1.29 is 15.0 Å². The van der Waals surface area contributed by atoms with Crippen LogP contribution in [0.15, 0.2) is 29.2 Å². The number of carboxylic acids is 1. The van der Waals surface area contributed by atoms with E-state index in [-0.39, 0.29) is 10.8 Å². The van der Waals surface area contributed by atoms with Crippen LogP contribution in [0, 0.1) is 0 Å². The van der Waals surface area contributed by atoms with Gasteiger partial charge in [-0.2, -0.15) is 0 Å². The van der Waals surface area contributed by atoms with E-state index < -0.39 is 5.97 Å². The lowest BCUT2D eigenvalue weighted by atomic mass is 9.79. The predicted octanol–water partition coefficient (Wildman–Crippen LogP) is 4.72. The van der Waals surface area contributed by atoms with Gasteiger partial charge in [0.25, 0.3) is 0 Å². The lowest BCUT2D eigenvalue weighted by molar-refractivity contribution is -0.131. The number of phenolic OH excluding ortho intramolecular Hbond substituents is 1. The summed E-state index contributed by atoms with van der Waals surface area (Å²) in [7, 11) is 0. The summed E-state index contributed by atoms with van der Waals surface area (Å²) < 4.78 is 0. The molecule has 1 aromatic carbocycles. The monoisotopic (exact) mass is 322 g/mol. The zero-order valence-electron chi connectivity index (χ0n) is 14.2. The number of rotatable bonds is 4. The fourth-order valence-corrected chi connectivity index (χ4v) is 2.92. The normalized spacial score (nSPS) is 12.8. The third-order valence-electron chi connectivity index (χ3n) is 3.31. The molecule has 1 aromatic rings. The highest BCUT2D eigenvalue weighted by Crippen LogP contribution is 2.41. The van der Waals surface area contributed by atoms with Gasteiger partial charge in [0.1, 0.15) is 5.75 Å². The molecule has 1 rings (SSSR count). The van der Waals surface area contributed by atoms with Gasteiger partial charge in [0.2, 0.25) is 0 Å². The molecular weight excluding hydrogens is 296 g/mol. The first-order chi connectivity index (χ1) is 9.93. The zero-order chi connectivity index (χ0) is 17.1. The molecule has 4 heteroatoms. The molecule has 3 nitrogen and oxygen atoms in total. The van der Waals surface area contributed by atoms with Crippen molar-refractivity contribution in [1.82, 2.24) is 0 Å². The lowest BCUT2D eigenvalue weighted by Crippen LogP contribution is -2.17. The Bertz CT molecular complexity index is 540. The van der Waals surface area contributed by atoms with Gasteiger partial charge in [-0.15, -0.1) is 11.8 Å². The molecule has 2 N–H and O–H groups in total. The quantitative estimate of drug-likeness (QED) is 0.622. The van der Waals surface area contributed by atoms with Crippen LogP contribution in [0.3, 0.4) is 0 Å². The van der Waals surface area contributed by atoms with Crippen LogP contribution in [0.25, 0.3) is 0 Å². The molecule has 0 atom stereocenters. The van der Waals surface area contributed by atoms with E-state index in [1.165, 1.54) is 0 Å². The van der Waals surface area contributed by atoms with E-state index in [4.69, 9.17) is 5.11 Å². The molecule has 0 saturated heterocycles. The molecule has 0 amide bonds. The van der Waals surface area contributed by atoms with Crippen LogP contribution < -0.4 is 0 Å². The summed E-state index contributed by atoms with van der Waals surface area (Å²) in [5.41, 5.74) is 1.53. The minimum Gasteiger partial charge on any atom is -0.507 e. The van der Waals surface area contributed by atoms with Crippen LogP contribution in [0.1, 0.15) is 52.7 Å². The van der Waals surface area contributed by atoms with Gasteiger partial charge in [0.05, 0.1) is 0 Å². The molecule has 22 heavy (non-hydrogen) atoms. The average molecular weight is 322 g/mol. The van der Waals surface area contributed by atoms with Crippen molar-refractivity contribution in [1.29, 1.82) is 0 Å². The number of aromatic hydroxyl groups is 1. The van der Waals surface area contributed by atoms with Crippen LogP contribution in [0.4, 0.5) is 0 Å². The summed E-state index contributed by atoms with van der Waals surface area (Å²) >= 11 is 1.57. The van der Waals surface area contributed by atoms with Crippen molar-refractivity contribution >= 4 is 17.7 Å². The first kappa shape index (κ1) is 18.6. The molecule has 0 aliphatic heterocycles. The molecule has 0 spiro atoms. The SMILES string of the molecule is CC(C)(C)c1cc(SCC=CC(=O)O)cc(C(C)(C)C)c1O. The Hall–Kier alpha value is -1.42. The maximum atomic E-state index is 10.6. The van der Waals surface area contributed by atoms with Gasteiger partial charge in [0, 0.05) is 27.9 Å². The topological polar surface area (TPSA) is 57.5 Å².